The number of likely N-dealkylation sites (N-methyl/N-ethyl adjacent to an activating group) is 1. The number of carbonyl (C=O) groups excluding carboxylic acids is 3. The van der Waals surface area contributed by atoms with Gasteiger partial charge in [-0.25, -0.2) is 0 Å². The first-order chi connectivity index (χ1) is 12.6. The highest BCUT2D eigenvalue weighted by Crippen LogP contribution is 2.26. The first-order valence-corrected chi connectivity index (χ1v) is 8.88. The zero-order chi connectivity index (χ0) is 18.7. The third kappa shape index (κ3) is 3.12. The lowest BCUT2D eigenvalue weighted by Gasteiger charge is -2.30. The van der Waals surface area contributed by atoms with Crippen LogP contribution in [0.25, 0.3) is 0 Å². The number of hydrogen-bond donors (Lipinski definition) is 0. The molecular weight excluding hydrogens is 328 g/mol. The fourth-order valence-corrected chi connectivity index (χ4v) is 3.36. The summed E-state index contributed by atoms with van der Waals surface area (Å²) in [5, 5.41) is 0. The summed E-state index contributed by atoms with van der Waals surface area (Å²) in [4.78, 5) is 41.7. The largest absolute Gasteiger partial charge is 0.341 e. The zero-order valence-corrected chi connectivity index (χ0v) is 15.0. The summed E-state index contributed by atoms with van der Waals surface area (Å²) in [7, 11) is 0. The van der Waals surface area contributed by atoms with Crippen LogP contribution in [0.2, 0.25) is 0 Å². The Morgan fingerprint density at radius 1 is 0.885 bits per heavy atom. The molecule has 1 atom stereocenters. The van der Waals surface area contributed by atoms with Gasteiger partial charge in [-0.1, -0.05) is 42.5 Å². The number of nitrogens with zero attached hydrogens (tertiary/aromatic N) is 2. The lowest BCUT2D eigenvalue weighted by atomic mass is 10.0. The van der Waals surface area contributed by atoms with Crippen LogP contribution in [-0.4, -0.2) is 46.7 Å². The first-order valence-electron chi connectivity index (χ1n) is 8.88. The van der Waals surface area contributed by atoms with Crippen LogP contribution < -0.4 is 0 Å². The Bertz CT molecular complexity index is 793. The van der Waals surface area contributed by atoms with E-state index in [1.165, 1.54) is 0 Å². The van der Waals surface area contributed by atoms with E-state index in [0.29, 0.717) is 30.6 Å². The van der Waals surface area contributed by atoms with Crippen molar-refractivity contribution >= 4 is 17.7 Å². The van der Waals surface area contributed by atoms with Crippen molar-refractivity contribution in [3.63, 3.8) is 0 Å². The number of amides is 3. The van der Waals surface area contributed by atoms with Crippen LogP contribution in [0.15, 0.2) is 54.6 Å². The van der Waals surface area contributed by atoms with Crippen molar-refractivity contribution in [3.8, 4) is 0 Å². The molecular formula is C21H22N2O3. The van der Waals surface area contributed by atoms with E-state index < -0.39 is 17.9 Å². The van der Waals surface area contributed by atoms with Crippen molar-refractivity contribution in [2.24, 2.45) is 0 Å². The zero-order valence-electron chi connectivity index (χ0n) is 15.0. The minimum Gasteiger partial charge on any atom is -0.341 e. The quantitative estimate of drug-likeness (QED) is 0.753. The molecule has 2 aromatic carbocycles. The monoisotopic (exact) mass is 350 g/mol. The number of hydrogen-bond acceptors (Lipinski definition) is 3. The Hall–Kier alpha value is -2.95. The Morgan fingerprint density at radius 3 is 1.88 bits per heavy atom. The van der Waals surface area contributed by atoms with Gasteiger partial charge >= 0.3 is 0 Å². The fourth-order valence-electron chi connectivity index (χ4n) is 3.36. The predicted octanol–water partition coefficient (Wildman–Crippen LogP) is 2.76. The number of fused-ring (bicyclic) bond motifs is 1. The van der Waals surface area contributed by atoms with Crippen LogP contribution in [0.3, 0.4) is 0 Å². The van der Waals surface area contributed by atoms with Crippen molar-refractivity contribution < 1.29 is 14.4 Å². The van der Waals surface area contributed by atoms with Crippen LogP contribution in [0.1, 0.15) is 40.1 Å². The van der Waals surface area contributed by atoms with Crippen LogP contribution in [0.4, 0.5) is 0 Å². The molecule has 0 saturated carbocycles. The van der Waals surface area contributed by atoms with E-state index in [1.54, 1.807) is 29.2 Å². The lowest BCUT2D eigenvalue weighted by molar-refractivity contribution is -0.135. The summed E-state index contributed by atoms with van der Waals surface area (Å²) in [6.45, 7) is 4.85. The molecule has 26 heavy (non-hydrogen) atoms. The molecule has 0 spiro atoms. The van der Waals surface area contributed by atoms with Crippen molar-refractivity contribution in [3.05, 3.63) is 71.3 Å². The maximum Gasteiger partial charge on any atom is 0.262 e. The van der Waals surface area contributed by atoms with Crippen LogP contribution in [0, 0.1) is 0 Å². The molecule has 1 heterocycles. The summed E-state index contributed by atoms with van der Waals surface area (Å²) in [5.74, 6) is -0.993. The third-order valence-electron chi connectivity index (χ3n) is 4.77. The number of benzene rings is 2. The van der Waals surface area contributed by atoms with Gasteiger partial charge in [0.05, 0.1) is 11.1 Å². The second-order valence-electron chi connectivity index (χ2n) is 6.24. The van der Waals surface area contributed by atoms with E-state index in [4.69, 9.17) is 0 Å². The van der Waals surface area contributed by atoms with Crippen molar-refractivity contribution in [1.82, 2.24) is 9.80 Å². The van der Waals surface area contributed by atoms with Gasteiger partial charge in [0.1, 0.15) is 6.04 Å². The SMILES string of the molecule is CCN(CC)C(=O)[C@H](Cc1ccccc1)N1C(=O)c2ccccc2C1=O. The predicted molar refractivity (Wildman–Crippen MR) is 98.8 cm³/mol. The van der Waals surface area contributed by atoms with Gasteiger partial charge in [0.15, 0.2) is 0 Å². The molecule has 0 unspecified atom stereocenters. The minimum absolute atomic E-state index is 0.201. The van der Waals surface area contributed by atoms with Gasteiger partial charge in [0.2, 0.25) is 5.91 Å². The second kappa shape index (κ2) is 7.52. The van der Waals surface area contributed by atoms with Gasteiger partial charge in [-0.15, -0.1) is 0 Å². The molecule has 0 aliphatic carbocycles. The molecule has 3 rings (SSSR count). The summed E-state index contributed by atoms with van der Waals surface area (Å²) >= 11 is 0. The number of rotatable bonds is 6. The van der Waals surface area contributed by atoms with Crippen molar-refractivity contribution in [2.75, 3.05) is 13.1 Å². The summed E-state index contributed by atoms with van der Waals surface area (Å²) in [6, 6.07) is 15.4. The van der Waals surface area contributed by atoms with Crippen molar-refractivity contribution in [1.29, 1.82) is 0 Å². The Balaban J connectivity index is 1.99. The molecule has 0 bridgehead atoms. The molecule has 134 valence electrons. The van der Waals surface area contributed by atoms with E-state index in [2.05, 4.69) is 0 Å². The normalized spacial score (nSPS) is 14.3. The molecule has 1 aliphatic heterocycles. The van der Waals surface area contributed by atoms with E-state index >= 15 is 0 Å². The van der Waals surface area contributed by atoms with Gasteiger partial charge in [0, 0.05) is 19.5 Å². The minimum atomic E-state index is -0.843. The highest BCUT2D eigenvalue weighted by atomic mass is 16.2. The molecule has 5 nitrogen and oxygen atoms in total. The van der Waals surface area contributed by atoms with Crippen LogP contribution in [0.5, 0.6) is 0 Å². The molecule has 0 N–H and O–H groups in total. The third-order valence-corrected chi connectivity index (χ3v) is 4.77. The van der Waals surface area contributed by atoms with E-state index in [1.807, 2.05) is 44.2 Å². The topological polar surface area (TPSA) is 57.7 Å². The highest BCUT2D eigenvalue weighted by molar-refractivity contribution is 6.22. The van der Waals surface area contributed by atoms with Gasteiger partial charge < -0.3 is 4.90 Å². The van der Waals surface area contributed by atoms with E-state index in [-0.39, 0.29) is 5.91 Å². The highest BCUT2D eigenvalue weighted by Gasteiger charge is 2.43. The smallest absolute Gasteiger partial charge is 0.262 e. The fraction of sp³-hybridized carbons (Fsp3) is 0.286. The molecule has 2 aromatic rings. The van der Waals surface area contributed by atoms with Crippen molar-refractivity contribution in [2.45, 2.75) is 26.3 Å². The average Bonchev–Trinajstić information content (AvgIpc) is 2.93. The molecule has 0 radical (unpaired) electrons. The molecule has 0 fully saturated rings. The number of carbonyl (C=O) groups is 3. The van der Waals surface area contributed by atoms with E-state index in [9.17, 15) is 14.4 Å². The Labute approximate surface area is 153 Å². The summed E-state index contributed by atoms with van der Waals surface area (Å²) < 4.78 is 0. The van der Waals surface area contributed by atoms with Crippen LogP contribution in [-0.2, 0) is 11.2 Å². The van der Waals surface area contributed by atoms with Gasteiger partial charge in [0.25, 0.3) is 11.8 Å². The summed E-state index contributed by atoms with van der Waals surface area (Å²) in [6.07, 6.45) is 0.307. The summed E-state index contributed by atoms with van der Waals surface area (Å²) in [5.41, 5.74) is 1.64. The van der Waals surface area contributed by atoms with Gasteiger partial charge in [-0.05, 0) is 31.5 Å². The standard InChI is InChI=1S/C21H22N2O3/c1-3-22(4-2)21(26)18(14-15-10-6-5-7-11-15)23-19(24)16-12-8-9-13-17(16)20(23)25/h5-13,18H,3-4,14H2,1-2H3/t18-/m0/s1. The molecule has 0 saturated heterocycles. The maximum absolute atomic E-state index is 13.1. The van der Waals surface area contributed by atoms with Gasteiger partial charge in [-0.3, -0.25) is 19.3 Å². The molecule has 5 heteroatoms. The molecule has 1 aliphatic rings. The first kappa shape index (κ1) is 17.9. The van der Waals surface area contributed by atoms with Crippen LogP contribution >= 0.6 is 0 Å². The number of imide groups is 1. The Morgan fingerprint density at radius 2 is 1.38 bits per heavy atom. The lowest BCUT2D eigenvalue weighted by Crippen LogP contribution is -2.52. The Kier molecular flexibility index (Phi) is 5.16. The van der Waals surface area contributed by atoms with E-state index in [0.717, 1.165) is 10.5 Å². The maximum atomic E-state index is 13.1. The molecule has 3 amide bonds. The molecule has 0 aromatic heterocycles. The second-order valence-corrected chi connectivity index (χ2v) is 6.24. The average molecular weight is 350 g/mol. The van der Waals surface area contributed by atoms with Gasteiger partial charge in [-0.2, -0.15) is 0 Å².